The first-order chi connectivity index (χ1) is 13.6. The molecule has 2 aromatic rings. The summed E-state index contributed by atoms with van der Waals surface area (Å²) in [6.07, 6.45) is 1.66. The van der Waals surface area contributed by atoms with E-state index in [1.165, 1.54) is 21.3 Å². The maximum absolute atomic E-state index is 14.4. The van der Waals surface area contributed by atoms with Crippen LogP contribution in [0.25, 0.3) is 0 Å². The zero-order valence-corrected chi connectivity index (χ0v) is 18.5. The van der Waals surface area contributed by atoms with Gasteiger partial charge < -0.3 is 4.90 Å². The molecule has 4 rings (SSSR count). The third-order valence-corrected chi connectivity index (χ3v) is 9.43. The maximum atomic E-state index is 14.4. The summed E-state index contributed by atoms with van der Waals surface area (Å²) in [6.45, 7) is 4.28. The second-order valence-electron chi connectivity index (χ2n) is 7.63. The zero-order valence-electron chi connectivity index (χ0n) is 16.1. The van der Waals surface area contributed by atoms with Gasteiger partial charge in [-0.05, 0) is 51.3 Å². The van der Waals surface area contributed by atoms with Crippen molar-refractivity contribution in [1.82, 2.24) is 9.29 Å². The van der Waals surface area contributed by atoms with E-state index in [-0.39, 0.29) is 27.4 Å². The van der Waals surface area contributed by atoms with Gasteiger partial charge >= 0.3 is 0 Å². The Morgan fingerprint density at radius 3 is 2.66 bits per heavy atom. The number of aryl methyl sites for hydroxylation is 2. The highest BCUT2D eigenvalue weighted by Gasteiger charge is 2.51. The molecular formula is C19H21ClFN3O3S2. The third-order valence-electron chi connectivity index (χ3n) is 5.69. The topological polar surface area (TPSA) is 70.6 Å². The lowest BCUT2D eigenvalue weighted by atomic mass is 9.79. The van der Waals surface area contributed by atoms with Crippen molar-refractivity contribution >= 4 is 44.6 Å². The van der Waals surface area contributed by atoms with Gasteiger partial charge in [0.25, 0.3) is 10.0 Å². The average Bonchev–Trinajstić information content (AvgIpc) is 3.16. The number of rotatable bonds is 3. The molecule has 0 saturated carbocycles. The van der Waals surface area contributed by atoms with E-state index in [0.29, 0.717) is 43.1 Å². The number of benzene rings is 1. The highest BCUT2D eigenvalue weighted by atomic mass is 35.5. The van der Waals surface area contributed by atoms with Crippen molar-refractivity contribution < 1.29 is 17.6 Å². The van der Waals surface area contributed by atoms with Crippen molar-refractivity contribution in [3.8, 4) is 0 Å². The Morgan fingerprint density at radius 1 is 1.24 bits per heavy atom. The van der Waals surface area contributed by atoms with Crippen molar-refractivity contribution in [2.24, 2.45) is 5.41 Å². The van der Waals surface area contributed by atoms with Gasteiger partial charge in [0.2, 0.25) is 5.91 Å². The fraction of sp³-hybridized carbons (Fsp3) is 0.474. The zero-order chi connectivity index (χ0) is 21.0. The van der Waals surface area contributed by atoms with Gasteiger partial charge in [0.1, 0.15) is 5.82 Å². The van der Waals surface area contributed by atoms with Crippen LogP contribution in [0.5, 0.6) is 0 Å². The van der Waals surface area contributed by atoms with Crippen molar-refractivity contribution in [2.75, 3.05) is 24.5 Å². The summed E-state index contributed by atoms with van der Waals surface area (Å²) in [5, 5.41) is 0.951. The summed E-state index contributed by atoms with van der Waals surface area (Å²) in [7, 11) is -3.73. The molecule has 10 heteroatoms. The summed E-state index contributed by atoms with van der Waals surface area (Å²) >= 11 is 6.97. The molecule has 1 aromatic carbocycles. The first-order valence-electron chi connectivity index (χ1n) is 9.35. The van der Waals surface area contributed by atoms with Crippen LogP contribution in [0.2, 0.25) is 5.02 Å². The fourth-order valence-electron chi connectivity index (χ4n) is 4.29. The van der Waals surface area contributed by atoms with E-state index in [1.54, 1.807) is 19.9 Å². The fourth-order valence-corrected chi connectivity index (χ4v) is 7.64. The van der Waals surface area contributed by atoms with Crippen molar-refractivity contribution in [3.63, 3.8) is 0 Å². The number of sulfonamides is 1. The van der Waals surface area contributed by atoms with Crippen LogP contribution in [0.3, 0.4) is 0 Å². The van der Waals surface area contributed by atoms with Crippen molar-refractivity contribution in [3.05, 3.63) is 39.7 Å². The molecule has 2 saturated heterocycles. The summed E-state index contributed by atoms with van der Waals surface area (Å²) in [5.41, 5.74) is -0.162. The van der Waals surface area contributed by atoms with Crippen LogP contribution in [0.15, 0.2) is 22.4 Å². The molecule has 6 nitrogen and oxygen atoms in total. The van der Waals surface area contributed by atoms with Gasteiger partial charge in [0, 0.05) is 24.7 Å². The molecule has 1 aromatic heterocycles. The summed E-state index contributed by atoms with van der Waals surface area (Å²) < 4.78 is 42.4. The molecule has 3 heterocycles. The largest absolute Gasteiger partial charge is 0.309 e. The molecule has 0 aliphatic carbocycles. The predicted octanol–water partition coefficient (Wildman–Crippen LogP) is 3.76. The number of carbonyl (C=O) groups excluding carboxylic acids is 1. The van der Waals surface area contributed by atoms with Gasteiger partial charge in [-0.15, -0.1) is 11.3 Å². The first-order valence-corrected chi connectivity index (χ1v) is 12.0. The molecule has 1 spiro atoms. The van der Waals surface area contributed by atoms with E-state index in [1.807, 2.05) is 0 Å². The van der Waals surface area contributed by atoms with Crippen LogP contribution in [-0.2, 0) is 14.8 Å². The molecule has 2 aliphatic heterocycles. The van der Waals surface area contributed by atoms with Gasteiger partial charge in [0.05, 0.1) is 21.8 Å². The maximum Gasteiger partial charge on any atom is 0.254 e. The quantitative estimate of drug-likeness (QED) is 0.703. The summed E-state index contributed by atoms with van der Waals surface area (Å²) in [5.74, 6) is -0.783. The summed E-state index contributed by atoms with van der Waals surface area (Å²) in [6, 6.07) is 4.22. The Morgan fingerprint density at radius 2 is 2.00 bits per heavy atom. The van der Waals surface area contributed by atoms with Gasteiger partial charge in [-0.25, -0.2) is 17.8 Å². The van der Waals surface area contributed by atoms with Gasteiger partial charge in [0.15, 0.2) is 4.21 Å². The minimum absolute atomic E-state index is 0.107. The number of carbonyl (C=O) groups is 1. The van der Waals surface area contributed by atoms with Crippen LogP contribution in [0.1, 0.15) is 30.0 Å². The van der Waals surface area contributed by atoms with Crippen molar-refractivity contribution in [1.29, 1.82) is 0 Å². The first kappa shape index (κ1) is 20.7. The lowest BCUT2D eigenvalue weighted by molar-refractivity contribution is -0.127. The number of aromatic nitrogens is 1. The van der Waals surface area contributed by atoms with E-state index >= 15 is 0 Å². The Bertz CT molecular complexity index is 1090. The molecule has 0 bridgehead atoms. The molecular weight excluding hydrogens is 437 g/mol. The highest BCUT2D eigenvalue weighted by Crippen LogP contribution is 2.44. The number of hydrogen-bond acceptors (Lipinski definition) is 5. The number of hydrogen-bond donors (Lipinski definition) is 0. The molecule has 1 atom stereocenters. The number of anilines is 1. The molecule has 2 fully saturated rings. The number of amides is 1. The van der Waals surface area contributed by atoms with Gasteiger partial charge in [-0.3, -0.25) is 4.79 Å². The minimum atomic E-state index is -3.73. The van der Waals surface area contributed by atoms with E-state index in [9.17, 15) is 17.6 Å². The van der Waals surface area contributed by atoms with E-state index in [2.05, 4.69) is 4.98 Å². The number of nitrogens with zero attached hydrogens (tertiary/aromatic N) is 3. The number of thiazole rings is 1. The Hall–Kier alpha value is -1.55. The van der Waals surface area contributed by atoms with E-state index in [0.717, 1.165) is 11.3 Å². The lowest BCUT2D eigenvalue weighted by Gasteiger charge is -2.38. The average molecular weight is 458 g/mol. The second-order valence-corrected chi connectivity index (χ2v) is 11.4. The molecule has 156 valence electrons. The van der Waals surface area contributed by atoms with E-state index < -0.39 is 21.3 Å². The smallest absolute Gasteiger partial charge is 0.254 e. The molecule has 1 amide bonds. The van der Waals surface area contributed by atoms with E-state index in [4.69, 9.17) is 11.6 Å². The van der Waals surface area contributed by atoms with Gasteiger partial charge in [-0.1, -0.05) is 11.6 Å². The molecule has 2 aliphatic rings. The van der Waals surface area contributed by atoms with Gasteiger partial charge in [-0.2, -0.15) is 4.31 Å². The Labute approximate surface area is 178 Å². The lowest BCUT2D eigenvalue weighted by Crippen LogP contribution is -2.49. The van der Waals surface area contributed by atoms with Crippen LogP contribution in [0, 0.1) is 25.1 Å². The number of piperidine rings is 1. The normalized spacial score (nSPS) is 23.3. The molecule has 1 unspecified atom stereocenters. The minimum Gasteiger partial charge on any atom is -0.309 e. The van der Waals surface area contributed by atoms with Crippen molar-refractivity contribution in [2.45, 2.75) is 37.3 Å². The van der Waals surface area contributed by atoms with Crippen LogP contribution >= 0.6 is 22.9 Å². The van der Waals surface area contributed by atoms with Crippen LogP contribution < -0.4 is 4.90 Å². The Balaban J connectivity index is 1.62. The van der Waals surface area contributed by atoms with Crippen LogP contribution in [0.4, 0.5) is 10.1 Å². The monoisotopic (exact) mass is 457 g/mol. The Kier molecular flexibility index (Phi) is 5.21. The van der Waals surface area contributed by atoms with Crippen LogP contribution in [-0.4, -0.2) is 43.2 Å². The predicted molar refractivity (Wildman–Crippen MR) is 110 cm³/mol. The second kappa shape index (κ2) is 7.30. The summed E-state index contributed by atoms with van der Waals surface area (Å²) in [4.78, 5) is 18.9. The molecule has 0 radical (unpaired) electrons. The third kappa shape index (κ3) is 3.48. The molecule has 29 heavy (non-hydrogen) atoms. The molecule has 0 N–H and O–H groups in total. The standard InChI is InChI=1S/C19H21ClFN3O3S2/c1-12-17(28-13(2)22-12)29(26,27)23-8-3-6-19(11-23)7-9-24(18(19)25)16-5-4-14(20)10-15(16)21/h4-5,10H,3,6-9,11H2,1-2H3. The number of halogens is 2. The SMILES string of the molecule is Cc1nc(C)c(S(=O)(=O)N2CCCC3(CCN(c4ccc(Cl)cc4F)C3=O)C2)s1. The highest BCUT2D eigenvalue weighted by molar-refractivity contribution is 7.91.